The van der Waals surface area contributed by atoms with Crippen LogP contribution in [0, 0.1) is 0 Å². The van der Waals surface area contributed by atoms with Crippen LogP contribution in [0.2, 0.25) is 0 Å². The molecule has 0 spiro atoms. The molecule has 0 radical (unpaired) electrons. The monoisotopic (exact) mass is 247 g/mol. The van der Waals surface area contributed by atoms with Gasteiger partial charge < -0.3 is 19.8 Å². The first kappa shape index (κ1) is 11.0. The summed E-state index contributed by atoms with van der Waals surface area (Å²) in [6.45, 7) is 2.41. The molecule has 1 saturated heterocycles. The summed E-state index contributed by atoms with van der Waals surface area (Å²) in [4.78, 5) is 18.0. The van der Waals surface area contributed by atoms with Crippen molar-refractivity contribution >= 4 is 23.0 Å². The van der Waals surface area contributed by atoms with Gasteiger partial charge in [0, 0.05) is 18.7 Å². The zero-order valence-corrected chi connectivity index (χ0v) is 9.76. The number of nitrogens with two attached hydrogens (primary N) is 1. The molecule has 18 heavy (non-hydrogen) atoms. The van der Waals surface area contributed by atoms with Crippen LogP contribution in [-0.2, 0) is 4.74 Å². The Morgan fingerprint density at radius 3 is 2.89 bits per heavy atom. The van der Waals surface area contributed by atoms with Crippen LogP contribution in [0.1, 0.15) is 10.4 Å². The van der Waals surface area contributed by atoms with Crippen molar-refractivity contribution in [2.75, 3.05) is 32.0 Å². The van der Waals surface area contributed by atoms with Gasteiger partial charge in [0.25, 0.3) is 11.9 Å². The third kappa shape index (κ3) is 1.91. The summed E-state index contributed by atoms with van der Waals surface area (Å²) in [5.74, 6) is -0.0184. The SMILES string of the molecule is Nc1nc2ccc(C(=O)N3CCOCC3)cc2o1. The van der Waals surface area contributed by atoms with E-state index in [9.17, 15) is 4.79 Å². The molecule has 3 rings (SSSR count). The number of nitrogens with zero attached hydrogens (tertiary/aromatic N) is 2. The van der Waals surface area contributed by atoms with Gasteiger partial charge in [-0.2, -0.15) is 4.98 Å². The van der Waals surface area contributed by atoms with Gasteiger partial charge in [0.2, 0.25) is 0 Å². The van der Waals surface area contributed by atoms with Crippen molar-refractivity contribution in [1.29, 1.82) is 0 Å². The summed E-state index contributed by atoms with van der Waals surface area (Å²) in [6.07, 6.45) is 0. The van der Waals surface area contributed by atoms with Crippen LogP contribution in [0.5, 0.6) is 0 Å². The number of anilines is 1. The van der Waals surface area contributed by atoms with Crippen LogP contribution in [0.15, 0.2) is 22.6 Å². The predicted molar refractivity (Wildman–Crippen MR) is 65.1 cm³/mol. The smallest absolute Gasteiger partial charge is 0.292 e. The van der Waals surface area contributed by atoms with E-state index in [2.05, 4.69) is 4.98 Å². The molecule has 0 atom stereocenters. The molecule has 1 aromatic heterocycles. The van der Waals surface area contributed by atoms with Gasteiger partial charge >= 0.3 is 0 Å². The number of amides is 1. The minimum Gasteiger partial charge on any atom is -0.424 e. The third-order valence-electron chi connectivity index (χ3n) is 2.95. The van der Waals surface area contributed by atoms with E-state index in [4.69, 9.17) is 14.9 Å². The lowest BCUT2D eigenvalue weighted by atomic mass is 10.1. The second kappa shape index (κ2) is 4.30. The third-order valence-corrected chi connectivity index (χ3v) is 2.95. The van der Waals surface area contributed by atoms with Gasteiger partial charge in [-0.3, -0.25) is 4.79 Å². The Balaban J connectivity index is 1.90. The number of carbonyl (C=O) groups is 1. The standard InChI is InChI=1S/C12H13N3O3/c13-12-14-9-2-1-8(7-10(9)18-12)11(16)15-3-5-17-6-4-15/h1-2,7H,3-6H2,(H2,13,14). The van der Waals surface area contributed by atoms with Crippen molar-refractivity contribution in [3.05, 3.63) is 23.8 Å². The lowest BCUT2D eigenvalue weighted by molar-refractivity contribution is 0.0303. The maximum atomic E-state index is 12.2. The minimum absolute atomic E-state index is 0.0184. The molecule has 1 aromatic carbocycles. The van der Waals surface area contributed by atoms with E-state index < -0.39 is 0 Å². The first-order valence-corrected chi connectivity index (χ1v) is 5.77. The first-order chi connectivity index (χ1) is 8.74. The maximum absolute atomic E-state index is 12.2. The molecule has 1 aliphatic rings. The Kier molecular flexibility index (Phi) is 2.64. The lowest BCUT2D eigenvalue weighted by Crippen LogP contribution is -2.40. The fraction of sp³-hybridized carbons (Fsp3) is 0.333. The molecule has 0 unspecified atom stereocenters. The van der Waals surface area contributed by atoms with Gasteiger partial charge in [0.15, 0.2) is 5.58 Å². The number of hydrogen-bond acceptors (Lipinski definition) is 5. The van der Waals surface area contributed by atoms with Crippen LogP contribution in [0.3, 0.4) is 0 Å². The number of ether oxygens (including phenoxy) is 1. The fourth-order valence-corrected chi connectivity index (χ4v) is 2.02. The highest BCUT2D eigenvalue weighted by atomic mass is 16.5. The molecule has 6 nitrogen and oxygen atoms in total. The van der Waals surface area contributed by atoms with E-state index in [0.717, 1.165) is 0 Å². The molecule has 6 heteroatoms. The van der Waals surface area contributed by atoms with Gasteiger partial charge in [-0.1, -0.05) is 0 Å². The van der Waals surface area contributed by atoms with E-state index in [1.165, 1.54) is 0 Å². The molecule has 2 aromatic rings. The van der Waals surface area contributed by atoms with Crippen LogP contribution >= 0.6 is 0 Å². The topological polar surface area (TPSA) is 81.6 Å². The Labute approximate surface area is 103 Å². The molecule has 0 bridgehead atoms. The second-order valence-electron chi connectivity index (χ2n) is 4.14. The van der Waals surface area contributed by atoms with Crippen molar-refractivity contribution in [1.82, 2.24) is 9.88 Å². The summed E-state index contributed by atoms with van der Waals surface area (Å²) in [5.41, 5.74) is 7.25. The zero-order valence-electron chi connectivity index (χ0n) is 9.76. The van der Waals surface area contributed by atoms with Crippen LogP contribution in [0.4, 0.5) is 6.01 Å². The minimum atomic E-state index is -0.0184. The molecule has 1 fully saturated rings. The Morgan fingerprint density at radius 1 is 1.33 bits per heavy atom. The van der Waals surface area contributed by atoms with Crippen LogP contribution in [-0.4, -0.2) is 42.1 Å². The highest BCUT2D eigenvalue weighted by Crippen LogP contribution is 2.19. The number of oxazole rings is 1. The average Bonchev–Trinajstić information content (AvgIpc) is 2.78. The number of carbonyl (C=O) groups excluding carboxylic acids is 1. The van der Waals surface area contributed by atoms with Crippen molar-refractivity contribution in [2.24, 2.45) is 0 Å². The molecule has 2 heterocycles. The zero-order chi connectivity index (χ0) is 12.5. The Hall–Kier alpha value is -2.08. The second-order valence-corrected chi connectivity index (χ2v) is 4.14. The van der Waals surface area contributed by atoms with Crippen molar-refractivity contribution < 1.29 is 13.9 Å². The van der Waals surface area contributed by atoms with Gasteiger partial charge in [-0.25, -0.2) is 0 Å². The normalized spacial score (nSPS) is 16.1. The molecular weight excluding hydrogens is 234 g/mol. The molecule has 1 aliphatic heterocycles. The molecular formula is C12H13N3O3. The molecule has 0 saturated carbocycles. The van der Waals surface area contributed by atoms with E-state index in [0.29, 0.717) is 43.0 Å². The van der Waals surface area contributed by atoms with Gasteiger partial charge in [0.1, 0.15) is 5.52 Å². The van der Waals surface area contributed by atoms with Gasteiger partial charge in [0.05, 0.1) is 13.2 Å². The number of nitrogen functional groups attached to an aromatic ring is 1. The molecule has 1 amide bonds. The molecule has 0 aliphatic carbocycles. The number of benzene rings is 1. The Bertz CT molecular complexity index is 587. The number of rotatable bonds is 1. The van der Waals surface area contributed by atoms with Crippen LogP contribution < -0.4 is 5.73 Å². The van der Waals surface area contributed by atoms with Gasteiger partial charge in [-0.05, 0) is 18.2 Å². The van der Waals surface area contributed by atoms with E-state index in [1.54, 1.807) is 23.1 Å². The highest BCUT2D eigenvalue weighted by Gasteiger charge is 2.19. The fourth-order valence-electron chi connectivity index (χ4n) is 2.02. The largest absolute Gasteiger partial charge is 0.424 e. The van der Waals surface area contributed by atoms with Crippen LogP contribution in [0.25, 0.3) is 11.1 Å². The first-order valence-electron chi connectivity index (χ1n) is 5.77. The van der Waals surface area contributed by atoms with Crippen molar-refractivity contribution in [2.45, 2.75) is 0 Å². The summed E-state index contributed by atoms with van der Waals surface area (Å²) in [5, 5.41) is 0. The Morgan fingerprint density at radius 2 is 2.11 bits per heavy atom. The van der Waals surface area contributed by atoms with E-state index in [1.807, 2.05) is 0 Å². The van der Waals surface area contributed by atoms with Crippen molar-refractivity contribution in [3.8, 4) is 0 Å². The maximum Gasteiger partial charge on any atom is 0.292 e. The summed E-state index contributed by atoms with van der Waals surface area (Å²) in [7, 11) is 0. The van der Waals surface area contributed by atoms with E-state index >= 15 is 0 Å². The number of hydrogen-bond donors (Lipinski definition) is 1. The van der Waals surface area contributed by atoms with E-state index in [-0.39, 0.29) is 11.9 Å². The quantitative estimate of drug-likeness (QED) is 0.809. The molecule has 94 valence electrons. The van der Waals surface area contributed by atoms with Crippen molar-refractivity contribution in [3.63, 3.8) is 0 Å². The summed E-state index contributed by atoms with van der Waals surface area (Å²) >= 11 is 0. The molecule has 2 N–H and O–H groups in total. The lowest BCUT2D eigenvalue weighted by Gasteiger charge is -2.26. The number of fused-ring (bicyclic) bond motifs is 1. The highest BCUT2D eigenvalue weighted by molar-refractivity contribution is 5.97. The average molecular weight is 247 g/mol. The predicted octanol–water partition coefficient (Wildman–Crippen LogP) is 0.882. The number of morpholine rings is 1. The summed E-state index contributed by atoms with van der Waals surface area (Å²) < 4.78 is 10.4. The van der Waals surface area contributed by atoms with Gasteiger partial charge in [-0.15, -0.1) is 0 Å². The number of aromatic nitrogens is 1. The summed E-state index contributed by atoms with van der Waals surface area (Å²) in [6, 6.07) is 5.27.